The van der Waals surface area contributed by atoms with Crippen LogP contribution >= 0.6 is 0 Å². The molecule has 4 atom stereocenters. The minimum absolute atomic E-state index is 0.0298. The summed E-state index contributed by atoms with van der Waals surface area (Å²) in [5.41, 5.74) is 0.159. The first kappa shape index (κ1) is 12.4. The summed E-state index contributed by atoms with van der Waals surface area (Å²) in [6.45, 7) is 6.32. The molecular formula is C14H24N2O2. The predicted octanol–water partition coefficient (Wildman–Crippen LogP) is 1.01. The zero-order valence-corrected chi connectivity index (χ0v) is 11.6. The number of amides is 1. The van der Waals surface area contributed by atoms with Crippen molar-refractivity contribution in [1.29, 1.82) is 0 Å². The van der Waals surface area contributed by atoms with Crippen LogP contribution in [0.4, 0.5) is 0 Å². The van der Waals surface area contributed by atoms with Gasteiger partial charge < -0.3 is 15.0 Å². The fourth-order valence-corrected chi connectivity index (χ4v) is 4.05. The Morgan fingerprint density at radius 1 is 1.39 bits per heavy atom. The summed E-state index contributed by atoms with van der Waals surface area (Å²) in [6.07, 6.45) is 3.73. The zero-order valence-electron chi connectivity index (χ0n) is 11.6. The number of hydrogen-bond donors (Lipinski definition) is 1. The van der Waals surface area contributed by atoms with E-state index in [0.29, 0.717) is 18.1 Å². The van der Waals surface area contributed by atoms with E-state index < -0.39 is 0 Å². The van der Waals surface area contributed by atoms with Gasteiger partial charge in [-0.3, -0.25) is 4.79 Å². The van der Waals surface area contributed by atoms with Crippen molar-refractivity contribution in [2.45, 2.75) is 51.3 Å². The second-order valence-corrected chi connectivity index (χ2v) is 6.66. The van der Waals surface area contributed by atoms with Crippen LogP contribution in [-0.4, -0.2) is 49.2 Å². The Bertz CT molecular complexity index is 356. The van der Waals surface area contributed by atoms with E-state index in [0.717, 1.165) is 26.0 Å². The molecule has 0 aromatic rings. The Balaban J connectivity index is 1.67. The van der Waals surface area contributed by atoms with Gasteiger partial charge in [0.1, 0.15) is 0 Å². The summed E-state index contributed by atoms with van der Waals surface area (Å²) in [5, 5.41) is 3.61. The molecule has 3 rings (SSSR count). The Labute approximate surface area is 109 Å². The SMILES string of the molecule is CN1CCC(NC2C3CCCOC3C2(C)C)C1=O. The quantitative estimate of drug-likeness (QED) is 0.797. The highest BCUT2D eigenvalue weighted by Gasteiger charge is 2.58. The van der Waals surface area contributed by atoms with Gasteiger partial charge in [-0.25, -0.2) is 0 Å². The van der Waals surface area contributed by atoms with Gasteiger partial charge in [0.15, 0.2) is 0 Å². The van der Waals surface area contributed by atoms with E-state index in [1.54, 1.807) is 0 Å². The standard InChI is InChI=1S/C14H24N2O2/c1-14(2)11(9-5-4-8-18-12(9)14)15-10-6-7-16(3)13(10)17/h9-12,15H,4-8H2,1-3H3. The number of rotatable bonds is 2. The van der Waals surface area contributed by atoms with Gasteiger partial charge in [-0.1, -0.05) is 13.8 Å². The second kappa shape index (κ2) is 4.20. The highest BCUT2D eigenvalue weighted by Crippen LogP contribution is 2.51. The van der Waals surface area contributed by atoms with Gasteiger partial charge in [-0.15, -0.1) is 0 Å². The van der Waals surface area contributed by atoms with E-state index in [-0.39, 0.29) is 17.4 Å². The van der Waals surface area contributed by atoms with E-state index in [2.05, 4.69) is 19.2 Å². The number of carbonyl (C=O) groups excluding carboxylic acids is 1. The van der Waals surface area contributed by atoms with E-state index >= 15 is 0 Å². The van der Waals surface area contributed by atoms with Crippen LogP contribution in [0.1, 0.15) is 33.1 Å². The predicted molar refractivity (Wildman–Crippen MR) is 69.2 cm³/mol. The van der Waals surface area contributed by atoms with Crippen molar-refractivity contribution in [3.63, 3.8) is 0 Å². The topological polar surface area (TPSA) is 41.6 Å². The lowest BCUT2D eigenvalue weighted by atomic mass is 9.55. The van der Waals surface area contributed by atoms with Crippen LogP contribution in [0.25, 0.3) is 0 Å². The summed E-state index contributed by atoms with van der Waals surface area (Å²) in [6, 6.07) is 0.463. The Kier molecular flexibility index (Phi) is 2.90. The third-order valence-electron chi connectivity index (χ3n) is 5.14. The molecule has 2 saturated heterocycles. The third-order valence-corrected chi connectivity index (χ3v) is 5.14. The lowest BCUT2D eigenvalue weighted by Gasteiger charge is -2.60. The highest BCUT2D eigenvalue weighted by atomic mass is 16.5. The maximum Gasteiger partial charge on any atom is 0.239 e. The van der Waals surface area contributed by atoms with Crippen molar-refractivity contribution in [2.75, 3.05) is 20.2 Å². The van der Waals surface area contributed by atoms with Crippen molar-refractivity contribution in [3.05, 3.63) is 0 Å². The van der Waals surface area contributed by atoms with Crippen LogP contribution in [0.5, 0.6) is 0 Å². The van der Waals surface area contributed by atoms with Crippen molar-refractivity contribution in [2.24, 2.45) is 11.3 Å². The van der Waals surface area contributed by atoms with Gasteiger partial charge in [0.25, 0.3) is 0 Å². The number of hydrogen-bond acceptors (Lipinski definition) is 3. The number of likely N-dealkylation sites (tertiary alicyclic amines) is 1. The van der Waals surface area contributed by atoms with Gasteiger partial charge in [-0.2, -0.15) is 0 Å². The van der Waals surface area contributed by atoms with Gasteiger partial charge in [0, 0.05) is 37.6 Å². The molecule has 4 nitrogen and oxygen atoms in total. The molecule has 3 aliphatic rings. The lowest BCUT2D eigenvalue weighted by Crippen LogP contribution is -2.71. The molecule has 3 fully saturated rings. The number of likely N-dealkylation sites (N-methyl/N-ethyl adjacent to an activating group) is 1. The smallest absolute Gasteiger partial charge is 0.239 e. The number of nitrogens with one attached hydrogen (secondary N) is 1. The Morgan fingerprint density at radius 2 is 2.17 bits per heavy atom. The molecule has 1 saturated carbocycles. The van der Waals surface area contributed by atoms with Crippen molar-refractivity contribution in [1.82, 2.24) is 10.2 Å². The fraction of sp³-hybridized carbons (Fsp3) is 0.929. The first-order valence-electron chi connectivity index (χ1n) is 7.14. The maximum absolute atomic E-state index is 12.0. The highest BCUT2D eigenvalue weighted by molar-refractivity contribution is 5.83. The van der Waals surface area contributed by atoms with Crippen LogP contribution in [0.2, 0.25) is 0 Å². The molecule has 1 aliphatic carbocycles. The van der Waals surface area contributed by atoms with E-state index in [9.17, 15) is 4.79 Å². The normalized spacial score (nSPS) is 42.6. The number of carbonyl (C=O) groups is 1. The monoisotopic (exact) mass is 252 g/mol. The number of ether oxygens (including phenoxy) is 1. The van der Waals surface area contributed by atoms with Crippen LogP contribution in [-0.2, 0) is 9.53 Å². The van der Waals surface area contributed by atoms with E-state index in [1.807, 2.05) is 11.9 Å². The third kappa shape index (κ3) is 1.69. The molecule has 0 aromatic heterocycles. The van der Waals surface area contributed by atoms with Crippen molar-refractivity contribution in [3.8, 4) is 0 Å². The minimum Gasteiger partial charge on any atom is -0.377 e. The first-order valence-corrected chi connectivity index (χ1v) is 7.14. The second-order valence-electron chi connectivity index (χ2n) is 6.66. The van der Waals surface area contributed by atoms with Gasteiger partial charge in [0.05, 0.1) is 12.1 Å². The van der Waals surface area contributed by atoms with Crippen LogP contribution in [0.3, 0.4) is 0 Å². The summed E-state index contributed by atoms with van der Waals surface area (Å²) in [7, 11) is 1.89. The van der Waals surface area contributed by atoms with Crippen LogP contribution in [0.15, 0.2) is 0 Å². The number of nitrogens with zero attached hydrogens (tertiary/aromatic N) is 1. The average Bonchev–Trinajstić information content (AvgIpc) is 2.67. The van der Waals surface area contributed by atoms with Gasteiger partial charge >= 0.3 is 0 Å². The molecule has 4 unspecified atom stereocenters. The Morgan fingerprint density at radius 3 is 2.83 bits per heavy atom. The molecule has 1 amide bonds. The minimum atomic E-state index is 0.0298. The largest absolute Gasteiger partial charge is 0.377 e. The molecule has 0 aromatic carbocycles. The lowest BCUT2D eigenvalue weighted by molar-refractivity contribution is -0.194. The summed E-state index contributed by atoms with van der Waals surface area (Å²) in [5.74, 6) is 0.860. The maximum atomic E-state index is 12.0. The molecule has 18 heavy (non-hydrogen) atoms. The van der Waals surface area contributed by atoms with Crippen molar-refractivity contribution >= 4 is 5.91 Å². The van der Waals surface area contributed by atoms with Gasteiger partial charge in [0.2, 0.25) is 5.91 Å². The molecule has 0 radical (unpaired) electrons. The Hall–Kier alpha value is -0.610. The summed E-state index contributed by atoms with van der Waals surface area (Å²) < 4.78 is 5.90. The molecule has 1 N–H and O–H groups in total. The van der Waals surface area contributed by atoms with E-state index in [1.165, 1.54) is 6.42 Å². The molecule has 0 spiro atoms. The van der Waals surface area contributed by atoms with Gasteiger partial charge in [-0.05, 0) is 19.3 Å². The fourth-order valence-electron chi connectivity index (χ4n) is 4.05. The summed E-state index contributed by atoms with van der Waals surface area (Å²) >= 11 is 0. The van der Waals surface area contributed by atoms with Crippen LogP contribution < -0.4 is 5.32 Å². The van der Waals surface area contributed by atoms with E-state index in [4.69, 9.17) is 4.74 Å². The van der Waals surface area contributed by atoms with Crippen LogP contribution in [0, 0.1) is 11.3 Å². The molecular weight excluding hydrogens is 228 g/mol. The molecule has 2 aliphatic heterocycles. The first-order chi connectivity index (χ1) is 8.51. The average molecular weight is 252 g/mol. The molecule has 0 bridgehead atoms. The zero-order chi connectivity index (χ0) is 12.9. The summed E-state index contributed by atoms with van der Waals surface area (Å²) in [4.78, 5) is 13.8. The number of fused-ring (bicyclic) bond motifs is 1. The molecule has 4 heteroatoms. The molecule has 102 valence electrons. The van der Waals surface area contributed by atoms with Crippen molar-refractivity contribution < 1.29 is 9.53 Å². The molecule has 2 heterocycles.